The lowest BCUT2D eigenvalue weighted by atomic mass is 10.3. The van der Waals surface area contributed by atoms with Crippen molar-refractivity contribution in [2.45, 2.75) is 35.8 Å². The van der Waals surface area contributed by atoms with Gasteiger partial charge in [-0.1, -0.05) is 12.8 Å². The van der Waals surface area contributed by atoms with E-state index in [4.69, 9.17) is 0 Å². The molecule has 1 aliphatic carbocycles. The molecule has 1 amide bonds. The lowest BCUT2D eigenvalue weighted by molar-refractivity contribution is 0.102. The molecule has 1 saturated carbocycles. The van der Waals surface area contributed by atoms with E-state index in [2.05, 4.69) is 15.5 Å². The van der Waals surface area contributed by atoms with Crippen molar-refractivity contribution in [1.82, 2.24) is 10.2 Å². The molecule has 2 N–H and O–H groups in total. The molecule has 1 fully saturated rings. The first-order chi connectivity index (χ1) is 10.7. The number of nitrogens with one attached hydrogen (secondary N) is 2. The number of amides is 1. The molecule has 0 atom stereocenters. The largest absolute Gasteiger partial charge is 0.321 e. The number of benzene rings is 1. The van der Waals surface area contributed by atoms with Crippen LogP contribution in [0.15, 0.2) is 46.1 Å². The predicted octanol–water partition coefficient (Wildman–Crippen LogP) is 3.06. The first kappa shape index (κ1) is 14.8. The Bertz CT molecular complexity index is 686. The molecule has 0 bridgehead atoms. The van der Waals surface area contributed by atoms with Crippen LogP contribution in [0.2, 0.25) is 0 Å². The summed E-state index contributed by atoms with van der Waals surface area (Å²) in [6.07, 6.45) is 5.25. The van der Waals surface area contributed by atoms with Gasteiger partial charge in [0.05, 0.1) is 0 Å². The Balaban J connectivity index is 1.61. The normalized spacial score (nSPS) is 14.9. The molecule has 1 aromatic carbocycles. The third-order valence-electron chi connectivity index (χ3n) is 3.63. The zero-order valence-electron chi connectivity index (χ0n) is 12.0. The van der Waals surface area contributed by atoms with Crippen molar-refractivity contribution in [2.24, 2.45) is 0 Å². The zero-order valence-corrected chi connectivity index (χ0v) is 12.9. The standard InChI is InChI=1S/C16H17N3O2S/c20-15-10-9-14(18-19-15)16(21)17-11-5-7-13(8-6-11)22-12-3-1-2-4-12/h5-10,12H,1-4H2,(H,17,21)(H,19,20). The molecule has 22 heavy (non-hydrogen) atoms. The van der Waals surface area contributed by atoms with Crippen LogP contribution >= 0.6 is 11.8 Å². The van der Waals surface area contributed by atoms with E-state index in [9.17, 15) is 9.59 Å². The highest BCUT2D eigenvalue weighted by Crippen LogP contribution is 2.34. The zero-order chi connectivity index (χ0) is 15.4. The number of hydrogen-bond acceptors (Lipinski definition) is 4. The van der Waals surface area contributed by atoms with Gasteiger partial charge in [-0.25, -0.2) is 5.10 Å². The van der Waals surface area contributed by atoms with Gasteiger partial charge in [-0.3, -0.25) is 9.59 Å². The van der Waals surface area contributed by atoms with Crippen LogP contribution in [-0.2, 0) is 0 Å². The summed E-state index contributed by atoms with van der Waals surface area (Å²) in [7, 11) is 0. The number of carbonyl (C=O) groups excluding carboxylic acids is 1. The van der Waals surface area contributed by atoms with Crippen molar-refractivity contribution in [2.75, 3.05) is 5.32 Å². The van der Waals surface area contributed by atoms with E-state index in [0.29, 0.717) is 5.69 Å². The van der Waals surface area contributed by atoms with Gasteiger partial charge < -0.3 is 5.32 Å². The van der Waals surface area contributed by atoms with Gasteiger partial charge in [0, 0.05) is 21.9 Å². The second-order valence-corrected chi connectivity index (χ2v) is 6.68. The number of carbonyl (C=O) groups is 1. The van der Waals surface area contributed by atoms with Crippen LogP contribution in [-0.4, -0.2) is 21.4 Å². The maximum Gasteiger partial charge on any atom is 0.276 e. The summed E-state index contributed by atoms with van der Waals surface area (Å²) in [5, 5.41) is 9.45. The summed E-state index contributed by atoms with van der Waals surface area (Å²) < 4.78 is 0. The molecule has 1 aromatic heterocycles. The highest BCUT2D eigenvalue weighted by Gasteiger charge is 2.16. The summed E-state index contributed by atoms with van der Waals surface area (Å²) in [6, 6.07) is 10.5. The van der Waals surface area contributed by atoms with Crippen molar-refractivity contribution in [1.29, 1.82) is 0 Å². The Morgan fingerprint density at radius 3 is 2.50 bits per heavy atom. The Labute approximate surface area is 132 Å². The van der Waals surface area contributed by atoms with Gasteiger partial charge in [0.15, 0.2) is 0 Å². The lowest BCUT2D eigenvalue weighted by Crippen LogP contribution is -2.17. The van der Waals surface area contributed by atoms with Crippen molar-refractivity contribution < 1.29 is 4.79 Å². The van der Waals surface area contributed by atoms with Gasteiger partial charge >= 0.3 is 0 Å². The summed E-state index contributed by atoms with van der Waals surface area (Å²) >= 11 is 1.91. The van der Waals surface area contributed by atoms with Gasteiger partial charge in [0.2, 0.25) is 0 Å². The summed E-state index contributed by atoms with van der Waals surface area (Å²) in [5.74, 6) is -0.340. The summed E-state index contributed by atoms with van der Waals surface area (Å²) in [4.78, 5) is 24.1. The minimum atomic E-state index is -0.340. The van der Waals surface area contributed by atoms with Gasteiger partial charge in [-0.05, 0) is 43.2 Å². The highest BCUT2D eigenvalue weighted by atomic mass is 32.2. The third-order valence-corrected chi connectivity index (χ3v) is 4.98. The summed E-state index contributed by atoms with van der Waals surface area (Å²) in [5.41, 5.74) is 0.572. The van der Waals surface area contributed by atoms with E-state index in [1.54, 1.807) is 0 Å². The topological polar surface area (TPSA) is 74.8 Å². The van der Waals surface area contributed by atoms with E-state index < -0.39 is 0 Å². The average Bonchev–Trinajstić information content (AvgIpc) is 3.03. The Morgan fingerprint density at radius 1 is 1.14 bits per heavy atom. The number of aromatic amines is 1. The number of anilines is 1. The van der Waals surface area contributed by atoms with Crippen LogP contribution in [0.4, 0.5) is 5.69 Å². The first-order valence-corrected chi connectivity index (χ1v) is 8.22. The van der Waals surface area contributed by atoms with Crippen LogP contribution < -0.4 is 10.9 Å². The number of H-pyrrole nitrogens is 1. The van der Waals surface area contributed by atoms with Crippen LogP contribution in [0.5, 0.6) is 0 Å². The Hall–Kier alpha value is -2.08. The smallest absolute Gasteiger partial charge is 0.276 e. The fourth-order valence-corrected chi connectivity index (χ4v) is 3.73. The second kappa shape index (κ2) is 6.79. The van der Waals surface area contributed by atoms with Gasteiger partial charge in [0.1, 0.15) is 5.69 Å². The second-order valence-electron chi connectivity index (χ2n) is 5.31. The molecule has 114 valence electrons. The maximum absolute atomic E-state index is 12.0. The molecular weight excluding hydrogens is 298 g/mol. The van der Waals surface area contributed by atoms with E-state index in [1.165, 1.54) is 42.7 Å². The Morgan fingerprint density at radius 2 is 1.86 bits per heavy atom. The quantitative estimate of drug-likeness (QED) is 0.909. The first-order valence-electron chi connectivity index (χ1n) is 7.34. The average molecular weight is 315 g/mol. The SMILES string of the molecule is O=C(Nc1ccc(SC2CCCC2)cc1)c1ccc(=O)[nH]n1. The van der Waals surface area contributed by atoms with E-state index in [0.717, 1.165) is 5.25 Å². The predicted molar refractivity (Wildman–Crippen MR) is 87.4 cm³/mol. The van der Waals surface area contributed by atoms with E-state index in [-0.39, 0.29) is 17.2 Å². The monoisotopic (exact) mass is 315 g/mol. The van der Waals surface area contributed by atoms with Crippen molar-refractivity contribution in [3.05, 3.63) is 52.4 Å². The molecule has 0 radical (unpaired) electrons. The van der Waals surface area contributed by atoms with Gasteiger partial charge in [-0.15, -0.1) is 11.8 Å². The van der Waals surface area contributed by atoms with Crippen LogP contribution in [0.1, 0.15) is 36.2 Å². The maximum atomic E-state index is 12.0. The molecule has 1 heterocycles. The lowest BCUT2D eigenvalue weighted by Gasteiger charge is -2.09. The third kappa shape index (κ3) is 3.76. The molecule has 5 nitrogen and oxygen atoms in total. The number of thioether (sulfide) groups is 1. The van der Waals surface area contributed by atoms with Crippen molar-refractivity contribution >= 4 is 23.4 Å². The van der Waals surface area contributed by atoms with Crippen LogP contribution in [0.25, 0.3) is 0 Å². The molecular formula is C16H17N3O2S. The van der Waals surface area contributed by atoms with E-state index in [1.807, 2.05) is 36.0 Å². The minimum absolute atomic E-state index is 0.184. The minimum Gasteiger partial charge on any atom is -0.321 e. The molecule has 2 aromatic rings. The fourth-order valence-electron chi connectivity index (χ4n) is 2.48. The Kier molecular flexibility index (Phi) is 4.58. The number of hydrogen-bond donors (Lipinski definition) is 2. The number of rotatable bonds is 4. The van der Waals surface area contributed by atoms with E-state index >= 15 is 0 Å². The van der Waals surface area contributed by atoms with Crippen LogP contribution in [0, 0.1) is 0 Å². The van der Waals surface area contributed by atoms with Crippen molar-refractivity contribution in [3.8, 4) is 0 Å². The summed E-state index contributed by atoms with van der Waals surface area (Å²) in [6.45, 7) is 0. The fraction of sp³-hybridized carbons (Fsp3) is 0.312. The molecule has 0 spiro atoms. The van der Waals surface area contributed by atoms with Crippen molar-refractivity contribution in [3.63, 3.8) is 0 Å². The molecule has 0 aliphatic heterocycles. The van der Waals surface area contributed by atoms with Gasteiger partial charge in [0.25, 0.3) is 11.5 Å². The van der Waals surface area contributed by atoms with Crippen LogP contribution in [0.3, 0.4) is 0 Å². The number of nitrogens with zero attached hydrogens (tertiary/aromatic N) is 1. The molecule has 6 heteroatoms. The molecule has 0 unspecified atom stereocenters. The number of aromatic nitrogens is 2. The highest BCUT2D eigenvalue weighted by molar-refractivity contribution is 8.00. The molecule has 1 aliphatic rings. The molecule has 3 rings (SSSR count). The van der Waals surface area contributed by atoms with Gasteiger partial charge in [-0.2, -0.15) is 5.10 Å². The molecule has 0 saturated heterocycles.